The summed E-state index contributed by atoms with van der Waals surface area (Å²) in [6.45, 7) is -0.644. The Balaban J connectivity index is 1.23. The van der Waals surface area contributed by atoms with Crippen LogP contribution in [-0.4, -0.2) is 177 Å². The van der Waals surface area contributed by atoms with E-state index in [1.165, 1.54) is 31.4 Å². The summed E-state index contributed by atoms with van der Waals surface area (Å²) in [6.07, 6.45) is -0.455. The van der Waals surface area contributed by atoms with Crippen LogP contribution >= 0.6 is 0 Å². The Labute approximate surface area is 552 Å². The fraction of sp³-hybridized carbons (Fsp3) is 0.406. The standard InChI is InChI=1S/C64H81FN12O18S/c1-77(2)42-20-18-39(19-21-42)59(87)67-31-10-8-16-47(58(66)86)71-53(78)17-5-4-9-30-68-60(88)48(26-28-55(80)81)73-63(91)51(34-40-36-69-46-15-7-6-14-45(40)46)75-62(90)50(33-38-12-11-13-41(65)32-38)72-54(79)37-70-61(89)49(27-29-56(82)83)74-64(92)52(35-57(84)85)76-96(93,94)44-24-22-43(95-3)23-25-44/h6-7,11-15,18-25,32,36,47-52,69,76H,4-5,8-10,16-17,26-31,33-35,37H2,1-3H3,(H2,66,86)(H,67,87)(H,68,88)(H,70,89)(H,71,78)(H,72,79)(H,73,91)(H,74,92)(H,75,90)(H,80,81)(H,82,83)(H,84,85)/t47-,48-,49-,50-,51-,52+/m0/s1. The Hall–Kier alpha value is -10.5. The highest BCUT2D eigenvalue weighted by Crippen LogP contribution is 2.21. The smallest absolute Gasteiger partial charge is 0.305 e. The van der Waals surface area contributed by atoms with E-state index < -0.39 is 167 Å². The number of nitrogens with two attached hydrogens (primary N) is 1. The van der Waals surface area contributed by atoms with Crippen molar-refractivity contribution in [2.45, 2.75) is 131 Å². The number of methoxy groups -OCH3 is 1. The van der Waals surface area contributed by atoms with E-state index in [-0.39, 0.29) is 43.0 Å². The molecular formula is C64H81FN12O18S. The Bertz CT molecular complexity index is 3670. The predicted molar refractivity (Wildman–Crippen MR) is 345 cm³/mol. The number of carboxylic acids is 3. The molecule has 30 nitrogen and oxygen atoms in total. The van der Waals surface area contributed by atoms with E-state index in [1.807, 2.05) is 35.9 Å². The van der Waals surface area contributed by atoms with E-state index in [4.69, 9.17) is 10.5 Å². The van der Waals surface area contributed by atoms with Crippen molar-refractivity contribution in [2.75, 3.05) is 45.7 Å². The van der Waals surface area contributed by atoms with Crippen LogP contribution in [0.15, 0.2) is 108 Å². The summed E-state index contributed by atoms with van der Waals surface area (Å²) in [6, 6.07) is 14.1. The fourth-order valence-electron chi connectivity index (χ4n) is 9.80. The molecular weight excluding hydrogens is 1280 g/mol. The number of nitrogens with one attached hydrogen (secondary N) is 10. The zero-order valence-corrected chi connectivity index (χ0v) is 53.9. The van der Waals surface area contributed by atoms with Gasteiger partial charge in [0.25, 0.3) is 5.91 Å². The van der Waals surface area contributed by atoms with Gasteiger partial charge in [0.05, 0.1) is 25.0 Å². The summed E-state index contributed by atoms with van der Waals surface area (Å²) in [4.78, 5) is 161. The van der Waals surface area contributed by atoms with Gasteiger partial charge in [0.1, 0.15) is 47.8 Å². The van der Waals surface area contributed by atoms with Crippen LogP contribution < -0.4 is 62.6 Å². The number of unbranched alkanes of at least 4 members (excludes halogenated alkanes) is 3. The zero-order chi connectivity index (χ0) is 70.5. The monoisotopic (exact) mass is 1360 g/mol. The number of anilines is 1. The minimum absolute atomic E-state index is 0.00605. The number of H-pyrrole nitrogens is 1. The average Bonchev–Trinajstić information content (AvgIpc) is 1.45. The van der Waals surface area contributed by atoms with E-state index in [9.17, 15) is 85.7 Å². The van der Waals surface area contributed by atoms with Gasteiger partial charge in [0.2, 0.25) is 57.3 Å². The minimum atomic E-state index is -4.60. The lowest BCUT2D eigenvalue weighted by Crippen LogP contribution is -2.58. The van der Waals surface area contributed by atoms with Crippen molar-refractivity contribution in [2.24, 2.45) is 5.73 Å². The molecule has 0 fully saturated rings. The van der Waals surface area contributed by atoms with Gasteiger partial charge in [0, 0.05) is 87.6 Å². The number of carbonyl (C=O) groups is 12. The lowest BCUT2D eigenvalue weighted by Gasteiger charge is -2.26. The first-order valence-corrected chi connectivity index (χ1v) is 32.1. The number of amides is 9. The van der Waals surface area contributed by atoms with Crippen LogP contribution in [0.3, 0.4) is 0 Å². The number of rotatable bonds is 42. The number of aromatic nitrogens is 1. The molecule has 5 aromatic rings. The fourth-order valence-corrected chi connectivity index (χ4v) is 11.0. The Morgan fingerprint density at radius 3 is 1.76 bits per heavy atom. The van der Waals surface area contributed by atoms with Crippen molar-refractivity contribution in [3.05, 3.63) is 126 Å². The maximum atomic E-state index is 14.6. The van der Waals surface area contributed by atoms with Crippen molar-refractivity contribution in [1.29, 1.82) is 0 Å². The van der Waals surface area contributed by atoms with Crippen molar-refractivity contribution >= 4 is 97.7 Å². The van der Waals surface area contributed by atoms with Crippen LogP contribution in [-0.2, 0) is 75.6 Å². The Kier molecular flexibility index (Phi) is 30.2. The van der Waals surface area contributed by atoms with Crippen LogP contribution in [0.25, 0.3) is 10.9 Å². The number of para-hydroxylation sites is 1. The van der Waals surface area contributed by atoms with Gasteiger partial charge < -0.3 is 78.2 Å². The van der Waals surface area contributed by atoms with E-state index >= 15 is 0 Å². The van der Waals surface area contributed by atoms with Crippen LogP contribution in [0.1, 0.15) is 98.5 Å². The van der Waals surface area contributed by atoms with Crippen molar-refractivity contribution in [3.8, 4) is 5.75 Å². The topological polar surface area (TPSA) is 462 Å². The maximum Gasteiger partial charge on any atom is 0.305 e. The summed E-state index contributed by atoms with van der Waals surface area (Å²) in [5.74, 6) is -12.8. The Morgan fingerprint density at radius 2 is 1.16 bits per heavy atom. The number of carboxylic acid groups (broad SMARTS) is 3. The highest BCUT2D eigenvalue weighted by molar-refractivity contribution is 7.89. The van der Waals surface area contributed by atoms with Gasteiger partial charge in [0.15, 0.2) is 0 Å². The number of hydrogen-bond donors (Lipinski definition) is 14. The first kappa shape index (κ1) is 76.2. The quantitative estimate of drug-likeness (QED) is 0.0243. The molecule has 4 aromatic carbocycles. The number of carbonyl (C=O) groups excluding carboxylic acids is 9. The van der Waals surface area contributed by atoms with Crippen LogP contribution in [0.4, 0.5) is 10.1 Å². The zero-order valence-electron chi connectivity index (χ0n) is 53.1. The number of benzene rings is 4. The van der Waals surface area contributed by atoms with E-state index in [1.54, 1.807) is 42.6 Å². The van der Waals surface area contributed by atoms with Gasteiger partial charge in [-0.15, -0.1) is 0 Å². The number of halogens is 1. The molecule has 15 N–H and O–H groups in total. The molecule has 0 aliphatic rings. The molecule has 1 heterocycles. The second-order valence-electron chi connectivity index (χ2n) is 22.5. The normalized spacial score (nSPS) is 13.0. The number of nitrogens with zero attached hydrogens (tertiary/aromatic N) is 1. The molecule has 0 aliphatic heterocycles. The molecule has 0 aliphatic carbocycles. The van der Waals surface area contributed by atoms with Gasteiger partial charge in [-0.25, -0.2) is 12.8 Å². The van der Waals surface area contributed by atoms with Gasteiger partial charge in [-0.1, -0.05) is 36.8 Å². The molecule has 32 heteroatoms. The first-order chi connectivity index (χ1) is 45.6. The largest absolute Gasteiger partial charge is 0.497 e. The second-order valence-corrected chi connectivity index (χ2v) is 24.3. The molecule has 96 heavy (non-hydrogen) atoms. The van der Waals surface area contributed by atoms with E-state index in [0.717, 1.165) is 30.0 Å². The molecule has 0 saturated heterocycles. The first-order valence-electron chi connectivity index (χ1n) is 30.6. The number of hydrogen-bond acceptors (Lipinski definition) is 16. The highest BCUT2D eigenvalue weighted by Gasteiger charge is 2.34. The van der Waals surface area contributed by atoms with Gasteiger partial charge >= 0.3 is 17.9 Å². The lowest BCUT2D eigenvalue weighted by molar-refractivity contribution is -0.140. The molecule has 0 spiro atoms. The molecule has 5 rings (SSSR count). The maximum absolute atomic E-state index is 14.6. The molecule has 6 atom stereocenters. The number of ether oxygens (including phenoxy) is 1. The van der Waals surface area contributed by atoms with E-state index in [0.29, 0.717) is 60.7 Å². The third kappa shape index (κ3) is 25.8. The Morgan fingerprint density at radius 1 is 0.573 bits per heavy atom. The molecule has 0 unspecified atom stereocenters. The van der Waals surface area contributed by atoms with Gasteiger partial charge in [-0.05, 0) is 123 Å². The third-order valence-electron chi connectivity index (χ3n) is 15.0. The number of aliphatic carboxylic acids is 3. The molecule has 1 aromatic heterocycles. The second kappa shape index (κ2) is 38.0. The molecule has 0 saturated carbocycles. The SMILES string of the molecule is COc1ccc(S(=O)(=O)N[C@H](CC(=O)O)C(=O)N[C@@H](CCC(=O)O)C(=O)NCC(=O)N[C@@H](Cc2cccc(F)c2)C(=O)N[C@@H](Cc2c[nH]c3ccccc23)C(=O)N[C@@H](CCC(=O)O)C(=O)NCCCCCC(=O)N[C@@H](CCCCNC(=O)c2ccc(N(C)C)cc2)C(N)=O)cc1. The molecule has 0 bridgehead atoms. The van der Waals surface area contributed by atoms with Crippen molar-refractivity contribution < 1.29 is 90.4 Å². The molecule has 9 amide bonds. The number of sulfonamides is 1. The van der Waals surface area contributed by atoms with Crippen LogP contribution in [0.5, 0.6) is 5.75 Å². The summed E-state index contributed by atoms with van der Waals surface area (Å²) in [5, 5.41) is 49.4. The number of primary amides is 1. The molecule has 0 radical (unpaired) electrons. The summed E-state index contributed by atoms with van der Waals surface area (Å²) < 4.78 is 48.1. The summed E-state index contributed by atoms with van der Waals surface area (Å²) in [5.41, 5.74) is 8.29. The molecule has 518 valence electrons. The third-order valence-corrected chi connectivity index (χ3v) is 16.5. The van der Waals surface area contributed by atoms with Crippen LogP contribution in [0.2, 0.25) is 0 Å². The van der Waals surface area contributed by atoms with Gasteiger partial charge in [-0.3, -0.25) is 57.5 Å². The minimum Gasteiger partial charge on any atom is -0.497 e. The van der Waals surface area contributed by atoms with Crippen molar-refractivity contribution in [3.63, 3.8) is 0 Å². The average molecular weight is 1360 g/mol. The van der Waals surface area contributed by atoms with Crippen LogP contribution in [0, 0.1) is 5.82 Å². The van der Waals surface area contributed by atoms with Gasteiger partial charge in [-0.2, -0.15) is 4.72 Å². The summed E-state index contributed by atoms with van der Waals surface area (Å²) in [7, 11) is 0.496. The highest BCUT2D eigenvalue weighted by atomic mass is 32.2. The summed E-state index contributed by atoms with van der Waals surface area (Å²) >= 11 is 0. The lowest BCUT2D eigenvalue weighted by atomic mass is 10.0. The number of aromatic amines is 1. The number of fused-ring (bicyclic) bond motifs is 1. The van der Waals surface area contributed by atoms with E-state index in [2.05, 4.69) is 47.5 Å². The predicted octanol–water partition coefficient (Wildman–Crippen LogP) is 1.02. The van der Waals surface area contributed by atoms with Crippen molar-refractivity contribution in [1.82, 2.24) is 52.2 Å².